The molecule has 0 bridgehead atoms. The van der Waals surface area contributed by atoms with Crippen molar-refractivity contribution in [1.29, 1.82) is 0 Å². The number of rotatable bonds is 4. The lowest BCUT2D eigenvalue weighted by atomic mass is 9.95. The van der Waals surface area contributed by atoms with Crippen molar-refractivity contribution in [3.63, 3.8) is 0 Å². The highest BCUT2D eigenvalue weighted by Gasteiger charge is 2.27. The molecule has 0 aliphatic carbocycles. The second-order valence-corrected chi connectivity index (χ2v) is 9.22. The molecule has 1 aliphatic heterocycles. The summed E-state index contributed by atoms with van der Waals surface area (Å²) in [6.45, 7) is 9.07. The molecule has 2 rings (SSSR count). The molecule has 7 heteroatoms. The molecule has 1 saturated heterocycles. The van der Waals surface area contributed by atoms with Crippen molar-refractivity contribution in [3.8, 4) is 0 Å². The number of hydrogen-bond donors (Lipinski definition) is 1. The van der Waals surface area contributed by atoms with Crippen molar-refractivity contribution in [2.45, 2.75) is 58.7 Å². The van der Waals surface area contributed by atoms with Gasteiger partial charge in [0.2, 0.25) is 0 Å². The Kier molecular flexibility index (Phi) is 4.72. The zero-order chi connectivity index (χ0) is 15.7. The van der Waals surface area contributed by atoms with E-state index in [2.05, 4.69) is 43.1 Å². The van der Waals surface area contributed by atoms with Crippen LogP contribution in [0.2, 0.25) is 0 Å². The SMILES string of the molecule is CC(NCc1ncnn1C(C)(C)C)C1CCS(=O)(=O)CC1. The Morgan fingerprint density at radius 3 is 2.57 bits per heavy atom. The van der Waals surface area contributed by atoms with E-state index in [9.17, 15) is 8.42 Å². The molecule has 0 saturated carbocycles. The van der Waals surface area contributed by atoms with Gasteiger partial charge in [0.25, 0.3) is 0 Å². The summed E-state index contributed by atoms with van der Waals surface area (Å²) in [6, 6.07) is 0.283. The fraction of sp³-hybridized carbons (Fsp3) is 0.857. The Morgan fingerprint density at radius 2 is 2.00 bits per heavy atom. The van der Waals surface area contributed by atoms with Crippen molar-refractivity contribution < 1.29 is 8.42 Å². The quantitative estimate of drug-likeness (QED) is 0.907. The maximum absolute atomic E-state index is 11.5. The fourth-order valence-corrected chi connectivity index (χ4v) is 4.30. The molecule has 0 spiro atoms. The maximum Gasteiger partial charge on any atom is 0.150 e. The van der Waals surface area contributed by atoms with Crippen LogP contribution in [0, 0.1) is 5.92 Å². The molecule has 1 unspecified atom stereocenters. The van der Waals surface area contributed by atoms with Crippen LogP contribution in [0.1, 0.15) is 46.4 Å². The maximum atomic E-state index is 11.5. The molecule has 21 heavy (non-hydrogen) atoms. The van der Waals surface area contributed by atoms with Crippen molar-refractivity contribution >= 4 is 9.84 Å². The first-order chi connectivity index (χ1) is 9.69. The van der Waals surface area contributed by atoms with Crippen LogP contribution in [0.15, 0.2) is 6.33 Å². The monoisotopic (exact) mass is 314 g/mol. The molecule has 120 valence electrons. The van der Waals surface area contributed by atoms with Crippen LogP contribution in [0.4, 0.5) is 0 Å². The molecule has 6 nitrogen and oxygen atoms in total. The summed E-state index contributed by atoms with van der Waals surface area (Å²) < 4.78 is 24.9. The Morgan fingerprint density at radius 1 is 1.38 bits per heavy atom. The molecule has 1 aromatic rings. The van der Waals surface area contributed by atoms with E-state index in [0.29, 0.717) is 24.0 Å². The minimum atomic E-state index is -2.79. The van der Waals surface area contributed by atoms with Crippen molar-refractivity contribution in [3.05, 3.63) is 12.2 Å². The second kappa shape index (κ2) is 6.04. The lowest BCUT2D eigenvalue weighted by molar-refractivity contribution is 0.314. The van der Waals surface area contributed by atoms with Gasteiger partial charge in [-0.15, -0.1) is 0 Å². The van der Waals surface area contributed by atoms with Crippen molar-refractivity contribution in [2.75, 3.05) is 11.5 Å². The first kappa shape index (κ1) is 16.4. The first-order valence-electron chi connectivity index (χ1n) is 7.52. The summed E-state index contributed by atoms with van der Waals surface area (Å²) in [5, 5.41) is 7.76. The topological polar surface area (TPSA) is 76.9 Å². The number of nitrogens with zero attached hydrogens (tertiary/aromatic N) is 3. The van der Waals surface area contributed by atoms with Crippen LogP contribution in [-0.2, 0) is 21.9 Å². The van der Waals surface area contributed by atoms with Crippen LogP contribution in [0.3, 0.4) is 0 Å². The summed E-state index contributed by atoms with van der Waals surface area (Å²) in [5.41, 5.74) is -0.0876. The van der Waals surface area contributed by atoms with E-state index < -0.39 is 9.84 Å². The van der Waals surface area contributed by atoms with Crippen LogP contribution >= 0.6 is 0 Å². The van der Waals surface area contributed by atoms with E-state index >= 15 is 0 Å². The third-order valence-electron chi connectivity index (χ3n) is 4.14. The molecular formula is C14H26N4O2S. The van der Waals surface area contributed by atoms with Crippen LogP contribution < -0.4 is 5.32 Å². The van der Waals surface area contributed by atoms with Crippen molar-refractivity contribution in [1.82, 2.24) is 20.1 Å². The first-order valence-corrected chi connectivity index (χ1v) is 9.34. The van der Waals surface area contributed by atoms with E-state index in [1.807, 2.05) is 4.68 Å². The van der Waals surface area contributed by atoms with Gasteiger partial charge in [0, 0.05) is 6.04 Å². The van der Waals surface area contributed by atoms with Crippen LogP contribution in [0.25, 0.3) is 0 Å². The van der Waals surface area contributed by atoms with E-state index in [1.165, 1.54) is 0 Å². The van der Waals surface area contributed by atoms with Gasteiger partial charge in [-0.05, 0) is 46.5 Å². The van der Waals surface area contributed by atoms with E-state index in [1.54, 1.807) is 6.33 Å². The molecule has 1 aliphatic rings. The average molecular weight is 314 g/mol. The number of hydrogen-bond acceptors (Lipinski definition) is 5. The number of sulfone groups is 1. The molecule has 0 amide bonds. The van der Waals surface area contributed by atoms with Gasteiger partial charge in [0.1, 0.15) is 22.0 Å². The minimum absolute atomic E-state index is 0.0876. The van der Waals surface area contributed by atoms with Gasteiger partial charge in [-0.1, -0.05) is 0 Å². The average Bonchev–Trinajstić information content (AvgIpc) is 2.84. The Hall–Kier alpha value is -0.950. The second-order valence-electron chi connectivity index (χ2n) is 6.92. The van der Waals surface area contributed by atoms with Gasteiger partial charge < -0.3 is 5.32 Å². The minimum Gasteiger partial charge on any atom is -0.307 e. The predicted octanol–water partition coefficient (Wildman–Crippen LogP) is 1.34. The van der Waals surface area contributed by atoms with E-state index in [-0.39, 0.29) is 11.6 Å². The standard InChI is InChI=1S/C14H26N4O2S/c1-11(12-5-7-21(19,20)8-6-12)15-9-13-16-10-17-18(13)14(2,3)4/h10-12,15H,5-9H2,1-4H3. The fourth-order valence-electron chi connectivity index (χ4n) is 2.77. The third-order valence-corrected chi connectivity index (χ3v) is 5.86. The molecule has 1 atom stereocenters. The molecular weight excluding hydrogens is 288 g/mol. The van der Waals surface area contributed by atoms with Gasteiger partial charge in [-0.2, -0.15) is 5.10 Å². The van der Waals surface area contributed by atoms with Gasteiger partial charge in [0.15, 0.2) is 0 Å². The molecule has 0 aromatic carbocycles. The zero-order valence-electron chi connectivity index (χ0n) is 13.3. The Balaban J connectivity index is 1.90. The Labute approximate surface area is 127 Å². The van der Waals surface area contributed by atoms with E-state index in [4.69, 9.17) is 0 Å². The summed E-state index contributed by atoms with van der Waals surface area (Å²) in [6.07, 6.45) is 3.09. The summed E-state index contributed by atoms with van der Waals surface area (Å²) in [4.78, 5) is 4.32. The highest BCUT2D eigenvalue weighted by molar-refractivity contribution is 7.91. The van der Waals surface area contributed by atoms with Gasteiger partial charge in [-0.25, -0.2) is 18.1 Å². The zero-order valence-corrected chi connectivity index (χ0v) is 14.2. The van der Waals surface area contributed by atoms with Gasteiger partial charge in [0.05, 0.1) is 23.6 Å². The predicted molar refractivity (Wildman–Crippen MR) is 82.7 cm³/mol. The highest BCUT2D eigenvalue weighted by Crippen LogP contribution is 2.22. The molecule has 1 aromatic heterocycles. The normalized spacial score (nSPS) is 21.3. The van der Waals surface area contributed by atoms with Crippen LogP contribution in [-0.4, -0.2) is 40.7 Å². The Bertz CT molecular complexity index is 560. The van der Waals surface area contributed by atoms with Crippen molar-refractivity contribution in [2.24, 2.45) is 5.92 Å². The van der Waals surface area contributed by atoms with E-state index in [0.717, 1.165) is 18.7 Å². The lowest BCUT2D eigenvalue weighted by Crippen LogP contribution is -2.39. The van der Waals surface area contributed by atoms with Crippen LogP contribution in [0.5, 0.6) is 0 Å². The molecule has 0 radical (unpaired) electrons. The molecule has 1 fully saturated rings. The summed E-state index contributed by atoms with van der Waals surface area (Å²) in [7, 11) is -2.79. The molecule has 1 N–H and O–H groups in total. The lowest BCUT2D eigenvalue weighted by Gasteiger charge is -2.29. The number of nitrogens with one attached hydrogen (secondary N) is 1. The third kappa shape index (κ3) is 4.26. The summed E-state index contributed by atoms with van der Waals surface area (Å²) in [5.74, 6) is 1.97. The van der Waals surface area contributed by atoms with Gasteiger partial charge >= 0.3 is 0 Å². The largest absolute Gasteiger partial charge is 0.307 e. The summed E-state index contributed by atoms with van der Waals surface area (Å²) >= 11 is 0. The van der Waals surface area contributed by atoms with Gasteiger partial charge in [-0.3, -0.25) is 0 Å². The highest BCUT2D eigenvalue weighted by atomic mass is 32.2. The molecule has 2 heterocycles. The smallest absolute Gasteiger partial charge is 0.150 e. The number of aromatic nitrogens is 3.